The third-order valence-corrected chi connectivity index (χ3v) is 4.41. The zero-order chi connectivity index (χ0) is 14.2. The van der Waals surface area contributed by atoms with E-state index in [-0.39, 0.29) is 4.90 Å². The molecule has 0 spiro atoms. The van der Waals surface area contributed by atoms with Crippen molar-refractivity contribution in [1.82, 2.24) is 4.98 Å². The molecule has 1 heterocycles. The van der Waals surface area contributed by atoms with Gasteiger partial charge in [-0.05, 0) is 0 Å². The average Bonchev–Trinajstić information content (AvgIpc) is 2.46. The van der Waals surface area contributed by atoms with E-state index >= 15 is 0 Å². The van der Waals surface area contributed by atoms with Crippen molar-refractivity contribution in [3.05, 3.63) is 54.6 Å². The summed E-state index contributed by atoms with van der Waals surface area (Å²) in [7, 11) is 1.65. The molecule has 0 radical (unpaired) electrons. The third-order valence-electron chi connectivity index (χ3n) is 3.06. The molecule has 2 aromatic carbocycles. The van der Waals surface area contributed by atoms with E-state index in [1.54, 1.807) is 12.2 Å². The molecular weight excluding hydrogens is 292 g/mol. The molecule has 20 heavy (non-hydrogen) atoms. The van der Waals surface area contributed by atoms with Gasteiger partial charge in [-0.3, -0.25) is 0 Å². The number of hydrogen-bond acceptors (Lipinski definition) is 3. The number of hydrogen-bond donors (Lipinski definition) is 0. The van der Waals surface area contributed by atoms with Crippen LogP contribution >= 0.6 is 10.7 Å². The summed E-state index contributed by atoms with van der Waals surface area (Å²) < 4.78 is 22.9. The molecule has 3 nitrogen and oxygen atoms in total. The summed E-state index contributed by atoms with van der Waals surface area (Å²) >= 11 is 0. The van der Waals surface area contributed by atoms with Gasteiger partial charge in [-0.2, -0.15) is 0 Å². The van der Waals surface area contributed by atoms with Crippen LogP contribution in [-0.4, -0.2) is 20.3 Å². The summed E-state index contributed by atoms with van der Waals surface area (Å²) in [6.45, 7) is 1.92. The first-order valence-electron chi connectivity index (χ1n) is 5.94. The molecule has 0 aliphatic carbocycles. The van der Waals surface area contributed by atoms with Gasteiger partial charge >= 0.3 is 121 Å². The van der Waals surface area contributed by atoms with Crippen molar-refractivity contribution in [2.45, 2.75) is 4.90 Å². The standard InChI is InChI=1S/C14H9BClNO2S/c16-20(18,19)11-5-3-4-10(8-11)14-12-6-1-2-7-13(12)15-9-17-14/h1-9H. The number of aromatic nitrogens is 1. The maximum atomic E-state index is 11.4. The topological polar surface area (TPSA) is 47.0 Å². The molecule has 3 aromatic rings. The van der Waals surface area contributed by atoms with Crippen molar-refractivity contribution in [2.24, 2.45) is 0 Å². The van der Waals surface area contributed by atoms with E-state index in [0.717, 1.165) is 21.9 Å². The minimum absolute atomic E-state index is 0.0754. The van der Waals surface area contributed by atoms with Crippen LogP contribution in [0.3, 0.4) is 0 Å². The Hall–Kier alpha value is -1.72. The molecule has 0 unspecified atom stereocenters. The van der Waals surface area contributed by atoms with Crippen molar-refractivity contribution >= 4 is 37.3 Å². The summed E-state index contributed by atoms with van der Waals surface area (Å²) in [4.78, 5) is 4.44. The SMILES string of the molecule is O=S(=O)(Cl)c1cccc(-c2ncbc3ccccc23)c1. The van der Waals surface area contributed by atoms with Crippen LogP contribution in [0.2, 0.25) is 0 Å². The second-order valence-electron chi connectivity index (χ2n) is 4.35. The quantitative estimate of drug-likeness (QED) is 0.683. The molecule has 0 atom stereocenters. The fraction of sp³-hybridized carbons (Fsp3) is 0. The van der Waals surface area contributed by atoms with Crippen LogP contribution in [0.25, 0.3) is 21.9 Å². The molecule has 0 saturated heterocycles. The van der Waals surface area contributed by atoms with Gasteiger partial charge in [0.15, 0.2) is 0 Å². The predicted molar refractivity (Wildman–Crippen MR) is 81.6 cm³/mol. The van der Waals surface area contributed by atoms with Crippen LogP contribution in [0.1, 0.15) is 0 Å². The molecule has 98 valence electrons. The summed E-state index contributed by atoms with van der Waals surface area (Å²) in [5, 5.41) is 2.02. The normalized spacial score (nSPS) is 11.4. The second kappa shape index (κ2) is 5.00. The van der Waals surface area contributed by atoms with Gasteiger partial charge in [0.1, 0.15) is 0 Å². The molecule has 3 rings (SSSR count). The van der Waals surface area contributed by atoms with Crippen molar-refractivity contribution in [3.63, 3.8) is 0 Å². The van der Waals surface area contributed by atoms with Crippen LogP contribution in [0, 0.1) is 0 Å². The van der Waals surface area contributed by atoms with Crippen molar-refractivity contribution < 1.29 is 8.42 Å². The Morgan fingerprint density at radius 1 is 1.05 bits per heavy atom. The Labute approximate surface area is 121 Å². The molecule has 0 bridgehead atoms. The fourth-order valence-corrected chi connectivity index (χ4v) is 2.94. The zero-order valence-electron chi connectivity index (χ0n) is 10.3. The van der Waals surface area contributed by atoms with Gasteiger partial charge in [-0.1, -0.05) is 0 Å². The Kier molecular flexibility index (Phi) is 3.32. The van der Waals surface area contributed by atoms with E-state index in [0.29, 0.717) is 0 Å². The molecule has 1 aromatic heterocycles. The van der Waals surface area contributed by atoms with Crippen LogP contribution in [0.4, 0.5) is 0 Å². The van der Waals surface area contributed by atoms with Crippen LogP contribution < -0.4 is 0 Å². The number of nitrogens with zero attached hydrogens (tertiary/aromatic N) is 1. The van der Waals surface area contributed by atoms with E-state index in [9.17, 15) is 8.42 Å². The predicted octanol–water partition coefficient (Wildman–Crippen LogP) is 3.17. The van der Waals surface area contributed by atoms with Gasteiger partial charge in [0.2, 0.25) is 0 Å². The molecular formula is C14H9BClNO2S. The summed E-state index contributed by atoms with van der Waals surface area (Å²) in [6.07, 6.45) is 1.71. The van der Waals surface area contributed by atoms with E-state index < -0.39 is 9.05 Å². The zero-order valence-corrected chi connectivity index (χ0v) is 11.9. The van der Waals surface area contributed by atoms with Gasteiger partial charge in [0, 0.05) is 0 Å². The van der Waals surface area contributed by atoms with Crippen molar-refractivity contribution in [2.75, 3.05) is 0 Å². The first-order valence-corrected chi connectivity index (χ1v) is 8.25. The van der Waals surface area contributed by atoms with E-state index in [4.69, 9.17) is 10.7 Å². The van der Waals surface area contributed by atoms with Crippen LogP contribution in [0.5, 0.6) is 0 Å². The monoisotopic (exact) mass is 301 g/mol. The molecule has 0 aliphatic heterocycles. The van der Waals surface area contributed by atoms with Gasteiger partial charge < -0.3 is 0 Å². The van der Waals surface area contributed by atoms with Gasteiger partial charge in [-0.15, -0.1) is 0 Å². The van der Waals surface area contributed by atoms with E-state index in [1.165, 1.54) is 12.1 Å². The number of fused-ring (bicyclic) bond motifs is 1. The molecule has 0 aliphatic rings. The minimum atomic E-state index is -3.74. The first kappa shape index (κ1) is 13.3. The Bertz CT molecular complexity index is 891. The van der Waals surface area contributed by atoms with Crippen molar-refractivity contribution in [3.8, 4) is 11.3 Å². The van der Waals surface area contributed by atoms with Crippen molar-refractivity contribution in [1.29, 1.82) is 0 Å². The Balaban J connectivity index is 2.27. The number of benzene rings is 2. The molecule has 6 heteroatoms. The summed E-state index contributed by atoms with van der Waals surface area (Å²) in [6, 6.07) is 14.3. The van der Waals surface area contributed by atoms with E-state index in [1.807, 2.05) is 37.2 Å². The Morgan fingerprint density at radius 3 is 2.65 bits per heavy atom. The maximum absolute atomic E-state index is 11.4. The molecule has 0 amide bonds. The average molecular weight is 302 g/mol. The number of rotatable bonds is 2. The fourth-order valence-electron chi connectivity index (χ4n) is 2.14. The third kappa shape index (κ3) is 2.47. The van der Waals surface area contributed by atoms with Gasteiger partial charge in [0.25, 0.3) is 0 Å². The molecule has 0 N–H and O–H groups in total. The first-order chi connectivity index (χ1) is 9.55. The molecule has 0 saturated carbocycles. The van der Waals surface area contributed by atoms with Crippen LogP contribution in [-0.2, 0) is 9.05 Å². The summed E-state index contributed by atoms with van der Waals surface area (Å²) in [5.74, 6) is 0. The number of halogens is 1. The van der Waals surface area contributed by atoms with Gasteiger partial charge in [-0.25, -0.2) is 0 Å². The van der Waals surface area contributed by atoms with Crippen LogP contribution in [0.15, 0.2) is 59.5 Å². The van der Waals surface area contributed by atoms with Gasteiger partial charge in [0.05, 0.1) is 0 Å². The Morgan fingerprint density at radius 2 is 1.85 bits per heavy atom. The summed E-state index contributed by atoms with van der Waals surface area (Å²) in [5.41, 5.74) is 1.47. The molecule has 0 fully saturated rings. The van der Waals surface area contributed by atoms with E-state index in [2.05, 4.69) is 4.98 Å². The second-order valence-corrected chi connectivity index (χ2v) is 6.91.